The molecule has 90 valence electrons. The van der Waals surface area contributed by atoms with Gasteiger partial charge in [0.2, 0.25) is 0 Å². The largest absolute Gasteiger partial charge is 0.224 e. The standard InChI is InChI=1S/C13H14O2S2/c1-9-8-12(17(3,14)15)10-6-4-5-7-11(10)13(9)16-2/h4-8H,1-3H3. The predicted octanol–water partition coefficient (Wildman–Crippen LogP) is 3.27. The minimum absolute atomic E-state index is 0.420. The Labute approximate surface area is 106 Å². The van der Waals surface area contributed by atoms with Crippen molar-refractivity contribution in [1.82, 2.24) is 0 Å². The zero-order chi connectivity index (χ0) is 12.6. The molecule has 2 rings (SSSR count). The minimum atomic E-state index is -3.19. The van der Waals surface area contributed by atoms with Crippen LogP contribution in [0.3, 0.4) is 0 Å². The third kappa shape index (κ3) is 2.19. The first-order valence-corrected chi connectivity index (χ1v) is 8.33. The van der Waals surface area contributed by atoms with E-state index in [0.29, 0.717) is 4.90 Å². The second kappa shape index (κ2) is 4.35. The van der Waals surface area contributed by atoms with E-state index in [9.17, 15) is 8.42 Å². The van der Waals surface area contributed by atoms with Crippen LogP contribution in [0.4, 0.5) is 0 Å². The highest BCUT2D eigenvalue weighted by Gasteiger charge is 2.15. The van der Waals surface area contributed by atoms with Crippen molar-refractivity contribution in [3.8, 4) is 0 Å². The third-order valence-corrected chi connectivity index (χ3v) is 4.83. The summed E-state index contributed by atoms with van der Waals surface area (Å²) >= 11 is 1.65. The van der Waals surface area contributed by atoms with E-state index in [1.165, 1.54) is 6.26 Å². The van der Waals surface area contributed by atoms with E-state index < -0.39 is 9.84 Å². The number of benzene rings is 2. The Kier molecular flexibility index (Phi) is 3.19. The summed E-state index contributed by atoms with van der Waals surface area (Å²) in [5.74, 6) is 0. The van der Waals surface area contributed by atoms with Gasteiger partial charge in [-0.15, -0.1) is 11.8 Å². The molecule has 0 amide bonds. The molecule has 0 aromatic heterocycles. The maximum atomic E-state index is 11.8. The van der Waals surface area contributed by atoms with Crippen LogP contribution >= 0.6 is 11.8 Å². The summed E-state index contributed by atoms with van der Waals surface area (Å²) in [5, 5.41) is 1.82. The number of fused-ring (bicyclic) bond motifs is 1. The van der Waals surface area contributed by atoms with Crippen molar-refractivity contribution < 1.29 is 8.42 Å². The first-order chi connectivity index (χ1) is 7.95. The molecule has 2 nitrogen and oxygen atoms in total. The van der Waals surface area contributed by atoms with Crippen LogP contribution in [0, 0.1) is 6.92 Å². The fourth-order valence-corrected chi connectivity index (χ4v) is 3.77. The lowest BCUT2D eigenvalue weighted by molar-refractivity contribution is 0.602. The number of thioether (sulfide) groups is 1. The lowest BCUT2D eigenvalue weighted by Crippen LogP contribution is -2.00. The Balaban J connectivity index is 2.99. The average molecular weight is 266 g/mol. The molecular formula is C13H14O2S2. The molecule has 0 atom stereocenters. The molecule has 0 bridgehead atoms. The highest BCUT2D eigenvalue weighted by atomic mass is 32.2. The average Bonchev–Trinajstić information content (AvgIpc) is 2.27. The Hall–Kier alpha value is -1.00. The maximum absolute atomic E-state index is 11.8. The molecule has 0 spiro atoms. The lowest BCUT2D eigenvalue weighted by atomic mass is 10.1. The lowest BCUT2D eigenvalue weighted by Gasteiger charge is -2.11. The highest BCUT2D eigenvalue weighted by Crippen LogP contribution is 2.34. The van der Waals surface area contributed by atoms with E-state index in [4.69, 9.17) is 0 Å². The molecule has 0 radical (unpaired) electrons. The van der Waals surface area contributed by atoms with Crippen LogP contribution in [0.5, 0.6) is 0 Å². The molecule has 0 unspecified atom stereocenters. The molecule has 4 heteroatoms. The molecule has 2 aromatic rings. The summed E-state index contributed by atoms with van der Waals surface area (Å²) in [6, 6.07) is 9.42. The van der Waals surface area contributed by atoms with Gasteiger partial charge in [0.15, 0.2) is 9.84 Å². The third-order valence-electron chi connectivity index (χ3n) is 2.75. The normalized spacial score (nSPS) is 11.9. The van der Waals surface area contributed by atoms with Crippen molar-refractivity contribution >= 4 is 32.4 Å². The van der Waals surface area contributed by atoms with Crippen molar-refractivity contribution in [2.75, 3.05) is 12.5 Å². The molecule has 0 saturated heterocycles. The molecule has 0 saturated carbocycles. The van der Waals surface area contributed by atoms with E-state index in [-0.39, 0.29) is 0 Å². The Bertz CT molecular complexity index is 673. The predicted molar refractivity (Wildman–Crippen MR) is 73.6 cm³/mol. The molecule has 2 aromatic carbocycles. The van der Waals surface area contributed by atoms with Crippen molar-refractivity contribution in [2.24, 2.45) is 0 Å². The van der Waals surface area contributed by atoms with Gasteiger partial charge in [-0.05, 0) is 30.2 Å². The van der Waals surface area contributed by atoms with Gasteiger partial charge in [0.1, 0.15) is 0 Å². The summed E-state index contributed by atoms with van der Waals surface area (Å²) in [6.07, 6.45) is 3.27. The Morgan fingerprint density at radius 3 is 2.24 bits per heavy atom. The molecular weight excluding hydrogens is 252 g/mol. The molecule has 0 N–H and O–H groups in total. The first-order valence-electron chi connectivity index (χ1n) is 5.21. The first kappa shape index (κ1) is 12.5. The summed E-state index contributed by atoms with van der Waals surface area (Å²) in [5.41, 5.74) is 1.01. The maximum Gasteiger partial charge on any atom is 0.176 e. The SMILES string of the molecule is CSc1c(C)cc(S(C)(=O)=O)c2ccccc12. The zero-order valence-corrected chi connectivity index (χ0v) is 11.7. The van der Waals surface area contributed by atoms with Crippen molar-refractivity contribution in [2.45, 2.75) is 16.7 Å². The van der Waals surface area contributed by atoms with Crippen LogP contribution in [0.15, 0.2) is 40.1 Å². The van der Waals surface area contributed by atoms with Gasteiger partial charge >= 0.3 is 0 Å². The number of aryl methyl sites for hydroxylation is 1. The van der Waals surface area contributed by atoms with Gasteiger partial charge in [-0.25, -0.2) is 8.42 Å². The van der Waals surface area contributed by atoms with Gasteiger partial charge < -0.3 is 0 Å². The molecule has 0 heterocycles. The monoisotopic (exact) mass is 266 g/mol. The van der Waals surface area contributed by atoms with Crippen LogP contribution in [0.1, 0.15) is 5.56 Å². The van der Waals surface area contributed by atoms with E-state index in [1.54, 1.807) is 17.8 Å². The van der Waals surface area contributed by atoms with Gasteiger partial charge in [0.25, 0.3) is 0 Å². The smallest absolute Gasteiger partial charge is 0.176 e. The molecule has 0 aliphatic carbocycles. The zero-order valence-electron chi connectivity index (χ0n) is 10.0. The van der Waals surface area contributed by atoms with Crippen molar-refractivity contribution in [3.05, 3.63) is 35.9 Å². The van der Waals surface area contributed by atoms with E-state index in [1.807, 2.05) is 37.4 Å². The topological polar surface area (TPSA) is 34.1 Å². The van der Waals surface area contributed by atoms with E-state index in [2.05, 4.69) is 0 Å². The molecule has 0 aliphatic rings. The second-order valence-electron chi connectivity index (χ2n) is 4.04. The fraction of sp³-hybridized carbons (Fsp3) is 0.231. The van der Waals surface area contributed by atoms with Crippen LogP contribution in [-0.2, 0) is 9.84 Å². The summed E-state index contributed by atoms with van der Waals surface area (Å²) in [6.45, 7) is 1.95. The minimum Gasteiger partial charge on any atom is -0.224 e. The van der Waals surface area contributed by atoms with E-state index >= 15 is 0 Å². The second-order valence-corrected chi connectivity index (χ2v) is 6.84. The van der Waals surface area contributed by atoms with Crippen LogP contribution < -0.4 is 0 Å². The van der Waals surface area contributed by atoms with Gasteiger partial charge in [-0.2, -0.15) is 0 Å². The number of rotatable bonds is 2. The number of sulfone groups is 1. The molecule has 0 fully saturated rings. The van der Waals surface area contributed by atoms with Gasteiger partial charge in [-0.1, -0.05) is 24.3 Å². The summed E-state index contributed by atoms with van der Waals surface area (Å²) < 4.78 is 23.6. The van der Waals surface area contributed by atoms with Crippen molar-refractivity contribution in [3.63, 3.8) is 0 Å². The highest BCUT2D eigenvalue weighted by molar-refractivity contribution is 7.99. The van der Waals surface area contributed by atoms with Crippen LogP contribution in [0.25, 0.3) is 10.8 Å². The van der Waals surface area contributed by atoms with Crippen LogP contribution in [-0.4, -0.2) is 20.9 Å². The van der Waals surface area contributed by atoms with Gasteiger partial charge in [0.05, 0.1) is 4.90 Å². The Morgan fingerprint density at radius 2 is 1.71 bits per heavy atom. The molecule has 0 aliphatic heterocycles. The number of hydrogen-bond acceptors (Lipinski definition) is 3. The Morgan fingerprint density at radius 1 is 1.12 bits per heavy atom. The fourth-order valence-electron chi connectivity index (χ4n) is 2.03. The van der Waals surface area contributed by atoms with Gasteiger partial charge in [-0.3, -0.25) is 0 Å². The summed E-state index contributed by atoms with van der Waals surface area (Å²) in [4.78, 5) is 1.57. The number of hydrogen-bond donors (Lipinski definition) is 0. The van der Waals surface area contributed by atoms with Gasteiger partial charge in [0, 0.05) is 16.5 Å². The molecule has 17 heavy (non-hydrogen) atoms. The van der Waals surface area contributed by atoms with E-state index in [0.717, 1.165) is 21.2 Å². The van der Waals surface area contributed by atoms with Crippen molar-refractivity contribution in [1.29, 1.82) is 0 Å². The quantitative estimate of drug-likeness (QED) is 0.782. The summed E-state index contributed by atoms with van der Waals surface area (Å²) in [7, 11) is -3.19. The van der Waals surface area contributed by atoms with Crippen LogP contribution in [0.2, 0.25) is 0 Å².